The Balaban J connectivity index is 2.68. The number of rotatable bonds is 6. The molecule has 114 valence electrons. The van der Waals surface area contributed by atoms with Gasteiger partial charge >= 0.3 is 0 Å². The van der Waals surface area contributed by atoms with Gasteiger partial charge in [-0.1, -0.05) is 30.1 Å². The smallest absolute Gasteiger partial charge is 0.191 e. The number of halogens is 2. The number of nitrogens with one attached hydrogen (secondary N) is 2. The molecular weight excluding hydrogens is 299 g/mol. The third-order valence-corrected chi connectivity index (χ3v) is 3.73. The van der Waals surface area contributed by atoms with Crippen molar-refractivity contribution < 1.29 is 5.11 Å². The van der Waals surface area contributed by atoms with Crippen molar-refractivity contribution in [2.75, 3.05) is 19.7 Å². The van der Waals surface area contributed by atoms with Crippen LogP contribution in [0.2, 0.25) is 10.2 Å². The molecule has 0 aliphatic carbocycles. The Hall–Kier alpha value is -0.910. The summed E-state index contributed by atoms with van der Waals surface area (Å²) < 4.78 is 1.81. The van der Waals surface area contributed by atoms with E-state index in [1.165, 1.54) is 0 Å². The molecule has 1 aromatic rings. The van der Waals surface area contributed by atoms with Crippen molar-refractivity contribution in [1.82, 2.24) is 15.2 Å². The number of hydrogen-bond donors (Lipinski definition) is 3. The van der Waals surface area contributed by atoms with Crippen molar-refractivity contribution in [3.63, 3.8) is 0 Å². The lowest BCUT2D eigenvalue weighted by Crippen LogP contribution is -2.40. The molecule has 0 saturated carbocycles. The van der Waals surface area contributed by atoms with Crippen molar-refractivity contribution in [2.24, 2.45) is 18.0 Å². The predicted molar refractivity (Wildman–Crippen MR) is 84.5 cm³/mol. The number of aliphatic imine (C=N–C) groups is 1. The first-order valence-corrected chi connectivity index (χ1v) is 7.37. The van der Waals surface area contributed by atoms with E-state index in [1.54, 1.807) is 0 Å². The predicted octanol–water partition coefficient (Wildman–Crippen LogP) is 2.02. The molecule has 1 aromatic heterocycles. The van der Waals surface area contributed by atoms with Crippen LogP contribution in [0.25, 0.3) is 0 Å². The van der Waals surface area contributed by atoms with E-state index in [0.29, 0.717) is 29.2 Å². The Morgan fingerprint density at radius 1 is 1.45 bits per heavy atom. The van der Waals surface area contributed by atoms with Crippen LogP contribution in [0.3, 0.4) is 0 Å². The Bertz CT molecular complexity index is 459. The van der Waals surface area contributed by atoms with Gasteiger partial charge in [0.1, 0.15) is 5.15 Å². The van der Waals surface area contributed by atoms with E-state index >= 15 is 0 Å². The summed E-state index contributed by atoms with van der Waals surface area (Å²) in [5.74, 6) is 0.888. The normalized spacial score (nSPS) is 13.4. The zero-order valence-corrected chi connectivity index (χ0v) is 13.6. The van der Waals surface area contributed by atoms with Gasteiger partial charge in [0.15, 0.2) is 5.96 Å². The van der Waals surface area contributed by atoms with Crippen molar-refractivity contribution in [3.05, 3.63) is 21.9 Å². The minimum atomic E-state index is 0.148. The SMILES string of the molecule is CCNC(=NCc1cc(Cl)c(Cl)n1C)NCC(C)CO. The second-order valence-electron chi connectivity index (χ2n) is 4.70. The van der Waals surface area contributed by atoms with Crippen LogP contribution < -0.4 is 10.6 Å². The van der Waals surface area contributed by atoms with E-state index < -0.39 is 0 Å². The number of nitrogens with zero attached hydrogens (tertiary/aromatic N) is 2. The molecule has 0 aromatic carbocycles. The summed E-state index contributed by atoms with van der Waals surface area (Å²) in [5, 5.41) is 16.4. The zero-order chi connectivity index (χ0) is 15.1. The topological polar surface area (TPSA) is 61.6 Å². The lowest BCUT2D eigenvalue weighted by Gasteiger charge is -2.14. The second kappa shape index (κ2) is 8.39. The minimum absolute atomic E-state index is 0.148. The van der Waals surface area contributed by atoms with E-state index in [2.05, 4.69) is 15.6 Å². The van der Waals surface area contributed by atoms with Crippen LogP contribution in [0.1, 0.15) is 19.5 Å². The highest BCUT2D eigenvalue weighted by Crippen LogP contribution is 2.25. The van der Waals surface area contributed by atoms with Gasteiger partial charge in [0.25, 0.3) is 0 Å². The van der Waals surface area contributed by atoms with Gasteiger partial charge in [-0.2, -0.15) is 0 Å². The quantitative estimate of drug-likeness (QED) is 0.555. The number of aliphatic hydroxyl groups is 1. The summed E-state index contributed by atoms with van der Waals surface area (Å²) in [7, 11) is 1.85. The maximum Gasteiger partial charge on any atom is 0.191 e. The summed E-state index contributed by atoms with van der Waals surface area (Å²) >= 11 is 12.0. The second-order valence-corrected chi connectivity index (χ2v) is 5.46. The minimum Gasteiger partial charge on any atom is -0.396 e. The summed E-state index contributed by atoms with van der Waals surface area (Å²) in [4.78, 5) is 4.48. The molecule has 0 aliphatic rings. The molecule has 0 amide bonds. The highest BCUT2D eigenvalue weighted by Gasteiger charge is 2.09. The van der Waals surface area contributed by atoms with E-state index in [-0.39, 0.29) is 12.5 Å². The van der Waals surface area contributed by atoms with Crippen LogP contribution in [0, 0.1) is 5.92 Å². The van der Waals surface area contributed by atoms with Crippen LogP contribution in [0.5, 0.6) is 0 Å². The van der Waals surface area contributed by atoms with Crippen LogP contribution in [0.4, 0.5) is 0 Å². The van der Waals surface area contributed by atoms with Gasteiger partial charge < -0.3 is 20.3 Å². The lowest BCUT2D eigenvalue weighted by molar-refractivity contribution is 0.238. The van der Waals surface area contributed by atoms with E-state index in [1.807, 2.05) is 31.5 Å². The first-order valence-electron chi connectivity index (χ1n) is 6.62. The molecule has 0 spiro atoms. The maximum atomic E-state index is 9.02. The van der Waals surface area contributed by atoms with Crippen LogP contribution in [-0.4, -0.2) is 35.3 Å². The molecule has 0 bridgehead atoms. The molecule has 0 aliphatic heterocycles. The van der Waals surface area contributed by atoms with Gasteiger partial charge in [0.2, 0.25) is 0 Å². The van der Waals surface area contributed by atoms with Gasteiger partial charge in [-0.15, -0.1) is 0 Å². The van der Waals surface area contributed by atoms with Crippen LogP contribution in [0.15, 0.2) is 11.1 Å². The van der Waals surface area contributed by atoms with Crippen molar-refractivity contribution >= 4 is 29.2 Å². The van der Waals surface area contributed by atoms with E-state index in [9.17, 15) is 0 Å². The average molecular weight is 321 g/mol. The van der Waals surface area contributed by atoms with Gasteiger partial charge in [0.05, 0.1) is 11.6 Å². The first kappa shape index (κ1) is 17.1. The molecule has 0 saturated heterocycles. The van der Waals surface area contributed by atoms with Crippen molar-refractivity contribution in [3.8, 4) is 0 Å². The number of aliphatic hydroxyl groups excluding tert-OH is 1. The molecule has 1 heterocycles. The largest absolute Gasteiger partial charge is 0.396 e. The average Bonchev–Trinajstić information content (AvgIpc) is 2.68. The highest BCUT2D eigenvalue weighted by molar-refractivity contribution is 6.41. The van der Waals surface area contributed by atoms with Crippen molar-refractivity contribution in [2.45, 2.75) is 20.4 Å². The Labute approximate surface area is 130 Å². The monoisotopic (exact) mass is 320 g/mol. The molecule has 0 fully saturated rings. The Kier molecular flexibility index (Phi) is 7.19. The molecule has 3 N–H and O–H groups in total. The number of aromatic nitrogens is 1. The third-order valence-electron chi connectivity index (χ3n) is 2.89. The van der Waals surface area contributed by atoms with Gasteiger partial charge in [0, 0.05) is 32.4 Å². The molecule has 1 atom stereocenters. The van der Waals surface area contributed by atoms with Crippen LogP contribution >= 0.6 is 23.2 Å². The van der Waals surface area contributed by atoms with Gasteiger partial charge in [-0.05, 0) is 18.9 Å². The molecule has 7 heteroatoms. The maximum absolute atomic E-state index is 9.02. The Morgan fingerprint density at radius 3 is 2.65 bits per heavy atom. The molecule has 1 rings (SSSR count). The van der Waals surface area contributed by atoms with Crippen molar-refractivity contribution in [1.29, 1.82) is 0 Å². The Morgan fingerprint density at radius 2 is 2.15 bits per heavy atom. The molecular formula is C13H22Cl2N4O. The fraction of sp³-hybridized carbons (Fsp3) is 0.615. The molecule has 0 radical (unpaired) electrons. The fourth-order valence-electron chi connectivity index (χ4n) is 1.58. The first-order chi connectivity index (χ1) is 9.49. The van der Waals surface area contributed by atoms with E-state index in [4.69, 9.17) is 28.3 Å². The van der Waals surface area contributed by atoms with Crippen LogP contribution in [-0.2, 0) is 13.6 Å². The molecule has 20 heavy (non-hydrogen) atoms. The third kappa shape index (κ3) is 4.89. The molecule has 1 unspecified atom stereocenters. The highest BCUT2D eigenvalue weighted by atomic mass is 35.5. The fourth-order valence-corrected chi connectivity index (χ4v) is 1.99. The van der Waals surface area contributed by atoms with Gasteiger partial charge in [-0.25, -0.2) is 4.99 Å². The lowest BCUT2D eigenvalue weighted by atomic mass is 10.2. The summed E-state index contributed by atoms with van der Waals surface area (Å²) in [6.45, 7) is 6.03. The number of guanidine groups is 1. The van der Waals surface area contributed by atoms with Gasteiger partial charge in [-0.3, -0.25) is 0 Å². The molecule has 5 nitrogen and oxygen atoms in total. The standard InChI is InChI=1S/C13H22Cl2N4O/c1-4-16-13(17-6-9(2)8-20)18-7-10-5-11(14)12(15)19(10)3/h5,9,20H,4,6-8H2,1-3H3,(H2,16,17,18). The van der Waals surface area contributed by atoms with E-state index in [0.717, 1.165) is 12.2 Å². The summed E-state index contributed by atoms with van der Waals surface area (Å²) in [6.07, 6.45) is 0. The summed E-state index contributed by atoms with van der Waals surface area (Å²) in [5.41, 5.74) is 0.937. The summed E-state index contributed by atoms with van der Waals surface area (Å²) in [6, 6.07) is 1.81. The number of hydrogen-bond acceptors (Lipinski definition) is 2. The zero-order valence-electron chi connectivity index (χ0n) is 12.1.